The molecule has 0 amide bonds. The minimum absolute atomic E-state index is 0.0898. The summed E-state index contributed by atoms with van der Waals surface area (Å²) in [7, 11) is 0. The number of benzene rings is 1. The lowest BCUT2D eigenvalue weighted by Crippen LogP contribution is -1.94. The second-order valence-corrected chi connectivity index (χ2v) is 9.94. The van der Waals surface area contributed by atoms with E-state index in [4.69, 9.17) is 4.74 Å². The Bertz CT molecular complexity index is 596. The second kappa shape index (κ2) is 23.3. The highest BCUT2D eigenvalue weighted by Crippen LogP contribution is 2.25. The van der Waals surface area contributed by atoms with Gasteiger partial charge in [-0.25, -0.2) is 0 Å². The number of ether oxygens (including phenoxy) is 1. The first-order chi connectivity index (χ1) is 16.7. The average molecular weight is 475 g/mol. The summed E-state index contributed by atoms with van der Waals surface area (Å²) in [6, 6.07) is 4.81. The molecule has 0 aliphatic carbocycles. The Morgan fingerprint density at radius 3 is 1.47 bits per heavy atom. The first-order valence-electron chi connectivity index (χ1n) is 14.5. The van der Waals surface area contributed by atoms with Crippen molar-refractivity contribution in [2.75, 3.05) is 13.2 Å². The zero-order valence-electron chi connectivity index (χ0n) is 22.2. The Kier molecular flexibility index (Phi) is 20.9. The van der Waals surface area contributed by atoms with Gasteiger partial charge < -0.3 is 14.9 Å². The Morgan fingerprint density at radius 1 is 0.588 bits per heavy atom. The van der Waals surface area contributed by atoms with Crippen LogP contribution in [0.15, 0.2) is 24.3 Å². The molecule has 2 N–H and O–H groups in total. The number of phenols is 2. The van der Waals surface area contributed by atoms with E-state index in [0.717, 1.165) is 18.6 Å². The lowest BCUT2D eigenvalue weighted by Gasteiger charge is -2.04. The van der Waals surface area contributed by atoms with Crippen molar-refractivity contribution in [2.45, 2.75) is 135 Å². The van der Waals surface area contributed by atoms with E-state index in [1.165, 1.54) is 128 Å². The largest absolute Gasteiger partial charge is 0.504 e. The van der Waals surface area contributed by atoms with Gasteiger partial charge in [-0.15, -0.1) is 0 Å². The van der Waals surface area contributed by atoms with Gasteiger partial charge in [0.05, 0.1) is 6.61 Å². The summed E-state index contributed by atoms with van der Waals surface area (Å²) < 4.78 is 5.65. The topological polar surface area (TPSA) is 49.7 Å². The zero-order valence-corrected chi connectivity index (χ0v) is 22.2. The molecule has 0 spiro atoms. The van der Waals surface area contributed by atoms with Gasteiger partial charge in [0, 0.05) is 6.61 Å². The fraction of sp³-hybridized carbons (Fsp3) is 0.742. The van der Waals surface area contributed by atoms with Crippen LogP contribution >= 0.6 is 0 Å². The quantitative estimate of drug-likeness (QED) is 0.116. The van der Waals surface area contributed by atoms with E-state index in [-0.39, 0.29) is 11.5 Å². The number of rotatable bonds is 24. The molecule has 0 aliphatic rings. The van der Waals surface area contributed by atoms with Gasteiger partial charge in [-0.3, -0.25) is 0 Å². The number of hydrogen-bond acceptors (Lipinski definition) is 3. The van der Waals surface area contributed by atoms with Crippen molar-refractivity contribution in [3.05, 3.63) is 29.8 Å². The molecule has 1 aromatic carbocycles. The number of phenolic OH excluding ortho intramolecular Hbond substituents is 2. The van der Waals surface area contributed by atoms with Gasteiger partial charge in [0.1, 0.15) is 0 Å². The van der Waals surface area contributed by atoms with Crippen molar-refractivity contribution in [2.24, 2.45) is 0 Å². The van der Waals surface area contributed by atoms with Crippen LogP contribution < -0.4 is 0 Å². The van der Waals surface area contributed by atoms with Gasteiger partial charge in [0.25, 0.3) is 0 Å². The average Bonchev–Trinajstić information content (AvgIpc) is 2.84. The van der Waals surface area contributed by atoms with E-state index in [9.17, 15) is 10.2 Å². The van der Waals surface area contributed by atoms with E-state index in [0.29, 0.717) is 6.61 Å². The summed E-state index contributed by atoms with van der Waals surface area (Å²) in [6.07, 6.45) is 31.9. The van der Waals surface area contributed by atoms with Crippen LogP contribution in [0.5, 0.6) is 11.5 Å². The van der Waals surface area contributed by atoms with Crippen LogP contribution in [0.1, 0.15) is 141 Å². The first kappa shape index (κ1) is 30.6. The highest BCUT2D eigenvalue weighted by atomic mass is 16.5. The molecule has 1 rings (SSSR count). The van der Waals surface area contributed by atoms with Crippen molar-refractivity contribution in [3.63, 3.8) is 0 Å². The first-order valence-corrected chi connectivity index (χ1v) is 14.5. The number of unbranched alkanes of at least 4 members (excludes halogenated alkanes) is 19. The molecule has 34 heavy (non-hydrogen) atoms. The normalized spacial score (nSPS) is 11.6. The van der Waals surface area contributed by atoms with E-state index in [2.05, 4.69) is 6.92 Å². The van der Waals surface area contributed by atoms with Crippen LogP contribution in [0.25, 0.3) is 6.08 Å². The molecule has 3 heteroatoms. The smallest absolute Gasteiger partial charge is 0.157 e. The minimum atomic E-state index is -0.0904. The molecule has 1 aromatic rings. The summed E-state index contributed by atoms with van der Waals surface area (Å²) in [6.45, 7) is 3.68. The Labute approximate surface area is 211 Å². The van der Waals surface area contributed by atoms with Crippen LogP contribution in [0, 0.1) is 0 Å². The molecule has 0 unspecified atom stereocenters. The molecule has 0 saturated carbocycles. The molecule has 0 atom stereocenters. The maximum atomic E-state index is 9.47. The van der Waals surface area contributed by atoms with Crippen LogP contribution in [0.4, 0.5) is 0 Å². The van der Waals surface area contributed by atoms with Crippen molar-refractivity contribution in [3.8, 4) is 11.5 Å². The van der Waals surface area contributed by atoms with E-state index >= 15 is 0 Å². The number of hydrogen-bond donors (Lipinski definition) is 2. The Hall–Kier alpha value is -1.48. The highest BCUT2D eigenvalue weighted by molar-refractivity contribution is 5.55. The SMILES string of the molecule is CCCCCCCCCCCCCCCCCCCCCCOCC=Cc1ccc(O)c(O)c1. The summed E-state index contributed by atoms with van der Waals surface area (Å²) in [5.74, 6) is -0.180. The molecule has 3 nitrogen and oxygen atoms in total. The van der Waals surface area contributed by atoms with Gasteiger partial charge in [0.15, 0.2) is 11.5 Å². The molecule has 0 saturated heterocycles. The van der Waals surface area contributed by atoms with Crippen molar-refractivity contribution in [1.82, 2.24) is 0 Å². The zero-order chi connectivity index (χ0) is 24.5. The third kappa shape index (κ3) is 18.9. The molecule has 0 aromatic heterocycles. The van der Waals surface area contributed by atoms with Crippen molar-refractivity contribution < 1.29 is 14.9 Å². The monoisotopic (exact) mass is 474 g/mol. The van der Waals surface area contributed by atoms with E-state index < -0.39 is 0 Å². The summed E-state index contributed by atoms with van der Waals surface area (Å²) in [5.41, 5.74) is 0.859. The summed E-state index contributed by atoms with van der Waals surface area (Å²) in [4.78, 5) is 0. The summed E-state index contributed by atoms with van der Waals surface area (Å²) >= 11 is 0. The second-order valence-electron chi connectivity index (χ2n) is 9.94. The lowest BCUT2D eigenvalue weighted by atomic mass is 10.0. The van der Waals surface area contributed by atoms with Gasteiger partial charge in [0.2, 0.25) is 0 Å². The molecule has 0 heterocycles. The van der Waals surface area contributed by atoms with Gasteiger partial charge in [-0.05, 0) is 24.1 Å². The van der Waals surface area contributed by atoms with Crippen molar-refractivity contribution >= 4 is 6.08 Å². The predicted molar refractivity (Wildman–Crippen MR) is 148 cm³/mol. The van der Waals surface area contributed by atoms with Crippen LogP contribution in [0.2, 0.25) is 0 Å². The molecular formula is C31H54O3. The minimum Gasteiger partial charge on any atom is -0.504 e. The molecule has 0 aliphatic heterocycles. The van der Waals surface area contributed by atoms with Crippen LogP contribution in [-0.4, -0.2) is 23.4 Å². The molecule has 0 fully saturated rings. The molecular weight excluding hydrogens is 420 g/mol. The summed E-state index contributed by atoms with van der Waals surface area (Å²) in [5, 5.41) is 18.8. The molecule has 196 valence electrons. The third-order valence-corrected chi connectivity index (χ3v) is 6.67. The van der Waals surface area contributed by atoms with Crippen LogP contribution in [-0.2, 0) is 4.74 Å². The van der Waals surface area contributed by atoms with Gasteiger partial charge in [-0.1, -0.05) is 147 Å². The third-order valence-electron chi connectivity index (χ3n) is 6.67. The maximum absolute atomic E-state index is 9.47. The highest BCUT2D eigenvalue weighted by Gasteiger charge is 1.98. The van der Waals surface area contributed by atoms with Gasteiger partial charge in [-0.2, -0.15) is 0 Å². The van der Waals surface area contributed by atoms with Crippen molar-refractivity contribution in [1.29, 1.82) is 0 Å². The molecule has 0 bridgehead atoms. The standard InChI is InChI=1S/C31H54O3/c1-2-3-4-5-6-7-8-9-10-11-12-13-14-15-16-17-18-19-20-21-26-34-27-22-23-29-24-25-30(32)31(33)28-29/h22-25,28,32-33H,2-21,26-27H2,1H3. The van der Waals surface area contributed by atoms with Crippen LogP contribution in [0.3, 0.4) is 0 Å². The van der Waals surface area contributed by atoms with E-state index in [1.54, 1.807) is 12.1 Å². The number of aromatic hydroxyl groups is 2. The lowest BCUT2D eigenvalue weighted by molar-refractivity contribution is 0.157. The molecule has 0 radical (unpaired) electrons. The van der Waals surface area contributed by atoms with E-state index in [1.807, 2.05) is 12.2 Å². The Morgan fingerprint density at radius 2 is 1.03 bits per heavy atom. The fourth-order valence-corrected chi connectivity index (χ4v) is 4.44. The maximum Gasteiger partial charge on any atom is 0.157 e. The Balaban J connectivity index is 1.73. The van der Waals surface area contributed by atoms with Gasteiger partial charge >= 0.3 is 0 Å². The fourth-order valence-electron chi connectivity index (χ4n) is 4.44. The predicted octanol–water partition coefficient (Wildman–Crippen LogP) is 9.95.